The van der Waals surface area contributed by atoms with Crippen molar-refractivity contribution in [3.8, 4) is 0 Å². The number of aliphatic hydroxyl groups excluding tert-OH is 1. The van der Waals surface area contributed by atoms with Crippen LogP contribution in [0.1, 0.15) is 30.4 Å². The first-order valence-corrected chi connectivity index (χ1v) is 12.1. The van der Waals surface area contributed by atoms with Crippen LogP contribution >= 0.6 is 0 Å². The van der Waals surface area contributed by atoms with Gasteiger partial charge in [-0.1, -0.05) is 12.1 Å². The number of rotatable bonds is 8. The topological polar surface area (TPSA) is 101 Å². The van der Waals surface area contributed by atoms with Crippen molar-refractivity contribution in [1.82, 2.24) is 19.4 Å². The fraction of sp³-hybridized carbons (Fsp3) is 0.480. The van der Waals surface area contributed by atoms with Gasteiger partial charge in [-0.2, -0.15) is 13.2 Å². The summed E-state index contributed by atoms with van der Waals surface area (Å²) in [5.74, 6) is 0.366. The van der Waals surface area contributed by atoms with Gasteiger partial charge < -0.3 is 20.3 Å². The van der Waals surface area contributed by atoms with Crippen LogP contribution in [0, 0.1) is 5.92 Å². The van der Waals surface area contributed by atoms with E-state index in [4.69, 9.17) is 5.73 Å². The molecule has 192 valence electrons. The van der Waals surface area contributed by atoms with Crippen molar-refractivity contribution in [2.24, 2.45) is 11.7 Å². The highest BCUT2D eigenvalue weighted by Crippen LogP contribution is 2.36. The summed E-state index contributed by atoms with van der Waals surface area (Å²) >= 11 is 0. The normalized spacial score (nSPS) is 21.1. The first-order valence-electron chi connectivity index (χ1n) is 12.1. The lowest BCUT2D eigenvalue weighted by molar-refractivity contribution is -0.137. The smallest absolute Gasteiger partial charge is 0.391 e. The summed E-state index contributed by atoms with van der Waals surface area (Å²) in [6, 6.07) is 7.52. The number of alkyl halides is 3. The lowest BCUT2D eigenvalue weighted by atomic mass is 9.93. The van der Waals surface area contributed by atoms with Crippen LogP contribution in [0.4, 0.5) is 19.0 Å². The lowest BCUT2D eigenvalue weighted by Crippen LogP contribution is -2.47. The van der Waals surface area contributed by atoms with Crippen molar-refractivity contribution < 1.29 is 23.1 Å². The number of nitrogens with two attached hydrogens (primary N) is 1. The number of carbonyl (C=O) groups excluding carboxylic acids is 1. The second-order valence-electron chi connectivity index (χ2n) is 9.77. The van der Waals surface area contributed by atoms with Gasteiger partial charge in [-0.3, -0.25) is 9.69 Å². The number of amides is 1. The number of piperidine rings is 1. The van der Waals surface area contributed by atoms with Crippen LogP contribution < -0.4 is 10.6 Å². The molecule has 8 nitrogen and oxygen atoms in total. The van der Waals surface area contributed by atoms with Crippen LogP contribution in [0.3, 0.4) is 0 Å². The molecule has 1 amide bonds. The first-order chi connectivity index (χ1) is 17.2. The fourth-order valence-electron chi connectivity index (χ4n) is 5.00. The standard InChI is InChI=1S/C25H29F3N6O2/c26-25(27,28)18-3-1-16(2-4-18)11-34(19-5-6-19)24-20-8-10-33(23(20)30-15-31-24)12-17-7-9-32(13-21(17)35)14-22(29)36/h1-4,8,10,15,17,19,21,35H,5-7,9,11-14H2,(H2,29,36)/t17?,21-/m0/s1. The number of aromatic nitrogens is 3. The van der Waals surface area contributed by atoms with E-state index in [1.165, 1.54) is 18.5 Å². The molecule has 0 radical (unpaired) electrons. The molecular weight excluding hydrogens is 473 g/mol. The van der Waals surface area contributed by atoms with E-state index in [0.29, 0.717) is 26.2 Å². The van der Waals surface area contributed by atoms with Gasteiger partial charge in [0.05, 0.1) is 23.6 Å². The molecule has 1 aliphatic carbocycles. The molecule has 1 aliphatic heterocycles. The molecule has 2 atom stereocenters. The molecule has 2 fully saturated rings. The van der Waals surface area contributed by atoms with Crippen molar-refractivity contribution in [2.45, 2.75) is 50.7 Å². The minimum absolute atomic E-state index is 0.00910. The van der Waals surface area contributed by atoms with E-state index in [1.807, 2.05) is 21.7 Å². The Balaban J connectivity index is 1.34. The van der Waals surface area contributed by atoms with E-state index < -0.39 is 23.8 Å². The third-order valence-corrected chi connectivity index (χ3v) is 7.05. The van der Waals surface area contributed by atoms with Gasteiger partial charge in [0.2, 0.25) is 5.91 Å². The molecule has 1 unspecified atom stereocenters. The van der Waals surface area contributed by atoms with Crippen LogP contribution in [0.2, 0.25) is 0 Å². The van der Waals surface area contributed by atoms with Crippen LogP contribution in [0.15, 0.2) is 42.9 Å². The summed E-state index contributed by atoms with van der Waals surface area (Å²) in [6.45, 7) is 2.26. The Labute approximate surface area is 206 Å². The maximum atomic E-state index is 13.0. The summed E-state index contributed by atoms with van der Waals surface area (Å²) in [5, 5.41) is 11.5. The fourth-order valence-corrected chi connectivity index (χ4v) is 5.00. The Bertz CT molecular complexity index is 1220. The van der Waals surface area contributed by atoms with Crippen molar-refractivity contribution >= 4 is 22.8 Å². The van der Waals surface area contributed by atoms with E-state index in [2.05, 4.69) is 14.9 Å². The zero-order valence-corrected chi connectivity index (χ0v) is 19.7. The third-order valence-electron chi connectivity index (χ3n) is 7.05. The quantitative estimate of drug-likeness (QED) is 0.492. The van der Waals surface area contributed by atoms with Crippen LogP contribution in [-0.2, 0) is 24.1 Å². The van der Waals surface area contributed by atoms with E-state index in [1.54, 1.807) is 0 Å². The molecule has 3 heterocycles. The number of likely N-dealkylation sites (tertiary alicyclic amines) is 1. The predicted octanol–water partition coefficient (Wildman–Crippen LogP) is 2.79. The highest BCUT2D eigenvalue weighted by atomic mass is 19.4. The number of β-amino-alcohol motifs (C(OH)–C–C–N with tert-alkyl or cyclic N) is 1. The Hall–Kier alpha value is -3.18. The molecule has 3 N–H and O–H groups in total. The third kappa shape index (κ3) is 5.31. The van der Waals surface area contributed by atoms with Gasteiger partial charge in [-0.25, -0.2) is 9.97 Å². The summed E-state index contributed by atoms with van der Waals surface area (Å²) in [6.07, 6.45) is 1.25. The van der Waals surface area contributed by atoms with Crippen molar-refractivity contribution in [2.75, 3.05) is 24.5 Å². The summed E-state index contributed by atoms with van der Waals surface area (Å²) in [4.78, 5) is 24.3. The molecule has 11 heteroatoms. The molecule has 2 aromatic heterocycles. The zero-order chi connectivity index (χ0) is 25.4. The lowest BCUT2D eigenvalue weighted by Gasteiger charge is -2.35. The Kier molecular flexibility index (Phi) is 6.60. The average molecular weight is 503 g/mol. The molecule has 5 rings (SSSR count). The van der Waals surface area contributed by atoms with Gasteiger partial charge in [0.25, 0.3) is 0 Å². The Morgan fingerprint density at radius 3 is 2.53 bits per heavy atom. The molecular formula is C25H29F3N6O2. The molecule has 0 spiro atoms. The number of halogens is 3. The SMILES string of the molecule is NC(=O)CN1CCC(Cn2ccc3c(N(Cc4ccc(C(F)(F)F)cc4)C4CC4)ncnc32)[C@@H](O)C1. The largest absolute Gasteiger partial charge is 0.416 e. The van der Waals surface area contributed by atoms with Gasteiger partial charge in [0, 0.05) is 37.8 Å². The van der Waals surface area contributed by atoms with E-state index in [0.717, 1.165) is 53.8 Å². The van der Waals surface area contributed by atoms with E-state index in [-0.39, 0.29) is 18.5 Å². The number of nitrogens with zero attached hydrogens (tertiary/aromatic N) is 5. The van der Waals surface area contributed by atoms with Crippen molar-refractivity contribution in [3.05, 3.63) is 54.0 Å². The van der Waals surface area contributed by atoms with Crippen LogP contribution in [0.25, 0.3) is 11.0 Å². The van der Waals surface area contributed by atoms with Crippen LogP contribution in [-0.4, -0.2) is 62.2 Å². The second-order valence-corrected chi connectivity index (χ2v) is 9.77. The van der Waals surface area contributed by atoms with E-state index in [9.17, 15) is 23.1 Å². The highest BCUT2D eigenvalue weighted by Gasteiger charge is 2.33. The summed E-state index contributed by atoms with van der Waals surface area (Å²) < 4.78 is 40.9. The summed E-state index contributed by atoms with van der Waals surface area (Å²) in [5.41, 5.74) is 6.16. The Morgan fingerprint density at radius 2 is 1.89 bits per heavy atom. The van der Waals surface area contributed by atoms with Gasteiger partial charge >= 0.3 is 6.18 Å². The van der Waals surface area contributed by atoms with Gasteiger partial charge in [-0.05, 0) is 49.6 Å². The maximum Gasteiger partial charge on any atom is 0.416 e. The van der Waals surface area contributed by atoms with E-state index >= 15 is 0 Å². The average Bonchev–Trinajstić information content (AvgIpc) is 3.59. The number of carbonyl (C=O) groups is 1. The minimum atomic E-state index is -4.36. The molecule has 2 aliphatic rings. The first kappa shape index (κ1) is 24.5. The monoisotopic (exact) mass is 502 g/mol. The molecule has 36 heavy (non-hydrogen) atoms. The molecule has 1 saturated carbocycles. The van der Waals surface area contributed by atoms with Crippen molar-refractivity contribution in [1.29, 1.82) is 0 Å². The number of aliphatic hydroxyl groups is 1. The van der Waals surface area contributed by atoms with Crippen LogP contribution in [0.5, 0.6) is 0 Å². The summed E-state index contributed by atoms with van der Waals surface area (Å²) in [7, 11) is 0. The van der Waals surface area contributed by atoms with Crippen molar-refractivity contribution in [3.63, 3.8) is 0 Å². The number of anilines is 1. The minimum Gasteiger partial charge on any atom is -0.391 e. The maximum absolute atomic E-state index is 13.0. The Morgan fingerprint density at radius 1 is 1.14 bits per heavy atom. The molecule has 1 saturated heterocycles. The number of hydrogen-bond donors (Lipinski definition) is 2. The number of fused-ring (bicyclic) bond motifs is 1. The predicted molar refractivity (Wildman–Crippen MR) is 128 cm³/mol. The van der Waals surface area contributed by atoms with Gasteiger partial charge in [0.15, 0.2) is 0 Å². The van der Waals surface area contributed by atoms with Gasteiger partial charge in [-0.15, -0.1) is 0 Å². The molecule has 3 aromatic rings. The zero-order valence-electron chi connectivity index (χ0n) is 19.7. The highest BCUT2D eigenvalue weighted by molar-refractivity contribution is 5.88. The molecule has 0 bridgehead atoms. The number of benzene rings is 1. The second kappa shape index (κ2) is 9.70. The number of hydrogen-bond acceptors (Lipinski definition) is 6. The van der Waals surface area contributed by atoms with Gasteiger partial charge in [0.1, 0.15) is 17.8 Å². The number of primary amides is 1. The molecule has 1 aromatic carbocycles.